The Balaban J connectivity index is 1.48. The molecular weight excluding hydrogens is 400 g/mol. The average Bonchev–Trinajstić information content (AvgIpc) is 3.32. The molecule has 2 aromatic rings. The summed E-state index contributed by atoms with van der Waals surface area (Å²) in [5.74, 6) is 2.29. The SMILES string of the molecule is C[C@@H](C(=O)N[C@@H]1C[C@@H]2CC[C@@H]1C2)N(c1ccc(Oc2ccccc2)cc1)S(C)(=O)=O. The number of rotatable bonds is 7. The Morgan fingerprint density at radius 1 is 1.03 bits per heavy atom. The Kier molecular flexibility index (Phi) is 5.73. The second-order valence-corrected chi connectivity index (χ2v) is 10.3. The van der Waals surface area contributed by atoms with Crippen LogP contribution in [0.25, 0.3) is 0 Å². The lowest BCUT2D eigenvalue weighted by molar-refractivity contribution is -0.122. The minimum absolute atomic E-state index is 0.168. The van der Waals surface area contributed by atoms with Gasteiger partial charge < -0.3 is 10.1 Å². The minimum atomic E-state index is -3.65. The number of ether oxygens (including phenoxy) is 1. The van der Waals surface area contributed by atoms with Crippen molar-refractivity contribution in [3.63, 3.8) is 0 Å². The van der Waals surface area contributed by atoms with Crippen LogP contribution in [0.15, 0.2) is 54.6 Å². The van der Waals surface area contributed by atoms with Crippen molar-refractivity contribution in [2.24, 2.45) is 11.8 Å². The molecule has 4 atom stereocenters. The molecule has 4 rings (SSSR count). The van der Waals surface area contributed by atoms with Crippen LogP contribution in [0.2, 0.25) is 0 Å². The van der Waals surface area contributed by atoms with Gasteiger partial charge in [0, 0.05) is 6.04 Å². The van der Waals surface area contributed by atoms with Crippen molar-refractivity contribution in [2.75, 3.05) is 10.6 Å². The van der Waals surface area contributed by atoms with Gasteiger partial charge in [0.25, 0.3) is 0 Å². The van der Waals surface area contributed by atoms with E-state index in [1.165, 1.54) is 17.1 Å². The van der Waals surface area contributed by atoms with Crippen LogP contribution in [0.5, 0.6) is 11.5 Å². The molecule has 2 saturated carbocycles. The molecule has 0 saturated heterocycles. The highest BCUT2D eigenvalue weighted by Crippen LogP contribution is 2.44. The number of nitrogens with one attached hydrogen (secondary N) is 1. The molecule has 0 radical (unpaired) electrons. The first-order chi connectivity index (χ1) is 14.3. The zero-order valence-corrected chi connectivity index (χ0v) is 18.1. The molecule has 2 aliphatic rings. The van der Waals surface area contributed by atoms with Crippen LogP contribution in [-0.2, 0) is 14.8 Å². The maximum atomic E-state index is 12.9. The van der Waals surface area contributed by atoms with E-state index in [-0.39, 0.29) is 11.9 Å². The topological polar surface area (TPSA) is 75.7 Å². The lowest BCUT2D eigenvalue weighted by atomic mass is 9.95. The molecule has 2 aromatic carbocycles. The quantitative estimate of drug-likeness (QED) is 0.725. The normalized spacial score (nSPS) is 23.7. The minimum Gasteiger partial charge on any atom is -0.457 e. The van der Waals surface area contributed by atoms with E-state index in [1.54, 1.807) is 31.2 Å². The van der Waals surface area contributed by atoms with Crippen LogP contribution in [0.3, 0.4) is 0 Å². The third-order valence-corrected chi connectivity index (χ3v) is 7.47. The predicted octanol–water partition coefficient (Wildman–Crippen LogP) is 3.94. The molecule has 7 heteroatoms. The third-order valence-electron chi connectivity index (χ3n) is 6.22. The van der Waals surface area contributed by atoms with Gasteiger partial charge in [0.15, 0.2) is 0 Å². The zero-order valence-electron chi connectivity index (χ0n) is 17.3. The van der Waals surface area contributed by atoms with Crippen molar-refractivity contribution in [1.82, 2.24) is 5.32 Å². The number of benzene rings is 2. The lowest BCUT2D eigenvalue weighted by Crippen LogP contribution is -2.51. The number of anilines is 1. The van der Waals surface area contributed by atoms with Crippen LogP contribution in [-0.4, -0.2) is 32.7 Å². The number of hydrogen-bond acceptors (Lipinski definition) is 4. The van der Waals surface area contributed by atoms with Gasteiger partial charge in [0.1, 0.15) is 17.5 Å². The maximum absolute atomic E-state index is 12.9. The van der Waals surface area contributed by atoms with E-state index in [1.807, 2.05) is 30.3 Å². The highest BCUT2D eigenvalue weighted by Gasteiger charge is 2.41. The second kappa shape index (κ2) is 8.30. The van der Waals surface area contributed by atoms with E-state index < -0.39 is 16.1 Å². The number of hydrogen-bond donors (Lipinski definition) is 1. The van der Waals surface area contributed by atoms with Gasteiger partial charge in [-0.2, -0.15) is 0 Å². The summed E-state index contributed by atoms with van der Waals surface area (Å²) in [4.78, 5) is 12.9. The van der Waals surface area contributed by atoms with Gasteiger partial charge >= 0.3 is 0 Å². The summed E-state index contributed by atoms with van der Waals surface area (Å²) >= 11 is 0. The molecule has 6 nitrogen and oxygen atoms in total. The molecule has 2 bridgehead atoms. The van der Waals surface area contributed by atoms with Crippen LogP contribution >= 0.6 is 0 Å². The van der Waals surface area contributed by atoms with E-state index >= 15 is 0 Å². The van der Waals surface area contributed by atoms with Gasteiger partial charge in [-0.05, 0) is 74.4 Å². The zero-order chi connectivity index (χ0) is 21.3. The fourth-order valence-electron chi connectivity index (χ4n) is 4.82. The van der Waals surface area contributed by atoms with Crippen LogP contribution in [0.4, 0.5) is 5.69 Å². The van der Waals surface area contributed by atoms with Crippen molar-refractivity contribution in [3.05, 3.63) is 54.6 Å². The van der Waals surface area contributed by atoms with E-state index in [4.69, 9.17) is 4.74 Å². The number of carbonyl (C=O) groups excluding carboxylic acids is 1. The number of carbonyl (C=O) groups is 1. The predicted molar refractivity (Wildman–Crippen MR) is 117 cm³/mol. The number of amides is 1. The molecule has 160 valence electrons. The summed E-state index contributed by atoms with van der Waals surface area (Å²) in [5, 5.41) is 3.11. The monoisotopic (exact) mass is 428 g/mol. The van der Waals surface area contributed by atoms with Crippen molar-refractivity contribution in [2.45, 2.75) is 44.7 Å². The van der Waals surface area contributed by atoms with Crippen molar-refractivity contribution in [1.29, 1.82) is 0 Å². The first-order valence-corrected chi connectivity index (χ1v) is 12.3. The molecule has 0 unspecified atom stereocenters. The van der Waals surface area contributed by atoms with Gasteiger partial charge in [-0.15, -0.1) is 0 Å². The Hall–Kier alpha value is -2.54. The summed E-state index contributed by atoms with van der Waals surface area (Å²) in [6.45, 7) is 1.64. The third kappa shape index (κ3) is 4.46. The summed E-state index contributed by atoms with van der Waals surface area (Å²) < 4.78 is 32.0. The Labute approximate surface area is 178 Å². The van der Waals surface area contributed by atoms with Crippen molar-refractivity contribution in [3.8, 4) is 11.5 Å². The number of nitrogens with zero attached hydrogens (tertiary/aromatic N) is 1. The van der Waals surface area contributed by atoms with E-state index in [0.29, 0.717) is 29.0 Å². The second-order valence-electron chi connectivity index (χ2n) is 8.43. The Morgan fingerprint density at radius 3 is 2.27 bits per heavy atom. The summed E-state index contributed by atoms with van der Waals surface area (Å²) in [5.41, 5.74) is 0.438. The number of para-hydroxylation sites is 1. The maximum Gasteiger partial charge on any atom is 0.243 e. The Bertz CT molecular complexity index is 992. The molecule has 0 aromatic heterocycles. The van der Waals surface area contributed by atoms with E-state index in [0.717, 1.165) is 19.1 Å². The highest BCUT2D eigenvalue weighted by atomic mass is 32.2. The van der Waals surface area contributed by atoms with Gasteiger partial charge in [0.2, 0.25) is 15.9 Å². The largest absolute Gasteiger partial charge is 0.457 e. The van der Waals surface area contributed by atoms with Crippen LogP contribution in [0.1, 0.15) is 32.6 Å². The first kappa shape index (κ1) is 20.7. The Morgan fingerprint density at radius 2 is 1.70 bits per heavy atom. The van der Waals surface area contributed by atoms with E-state index in [9.17, 15) is 13.2 Å². The van der Waals surface area contributed by atoms with Gasteiger partial charge in [-0.3, -0.25) is 9.10 Å². The summed E-state index contributed by atoms with van der Waals surface area (Å²) in [6, 6.07) is 15.4. The fraction of sp³-hybridized carbons (Fsp3) is 0.435. The smallest absolute Gasteiger partial charge is 0.243 e. The van der Waals surface area contributed by atoms with Crippen molar-refractivity contribution >= 4 is 21.6 Å². The summed E-state index contributed by atoms with van der Waals surface area (Å²) in [7, 11) is -3.65. The lowest BCUT2D eigenvalue weighted by Gasteiger charge is -2.31. The molecule has 0 aliphatic heterocycles. The molecule has 2 aliphatic carbocycles. The molecule has 1 N–H and O–H groups in total. The standard InChI is InChI=1S/C23H28N2O4S/c1-16(23(26)24-22-15-17-8-9-18(22)14-17)25(30(2,27)28)19-10-12-21(13-11-19)29-20-6-4-3-5-7-20/h3-7,10-13,16-18,22H,8-9,14-15H2,1-2H3,(H,24,26)/t16-,17+,18+,22+/m0/s1. The van der Waals surface area contributed by atoms with Crippen LogP contribution < -0.4 is 14.4 Å². The highest BCUT2D eigenvalue weighted by molar-refractivity contribution is 7.92. The van der Waals surface area contributed by atoms with Gasteiger partial charge in [0.05, 0.1) is 11.9 Å². The molecule has 1 amide bonds. The number of sulfonamides is 1. The number of fused-ring (bicyclic) bond motifs is 2. The molecular formula is C23H28N2O4S. The van der Waals surface area contributed by atoms with Gasteiger partial charge in [-0.25, -0.2) is 8.42 Å². The van der Waals surface area contributed by atoms with Gasteiger partial charge in [-0.1, -0.05) is 24.6 Å². The molecule has 2 fully saturated rings. The van der Waals surface area contributed by atoms with Crippen molar-refractivity contribution < 1.29 is 17.9 Å². The van der Waals surface area contributed by atoms with Crippen LogP contribution in [0, 0.1) is 11.8 Å². The first-order valence-electron chi connectivity index (χ1n) is 10.4. The van der Waals surface area contributed by atoms with E-state index in [2.05, 4.69) is 5.32 Å². The fourth-order valence-corrected chi connectivity index (χ4v) is 5.99. The summed E-state index contributed by atoms with van der Waals surface area (Å²) in [6.07, 6.45) is 5.72. The molecule has 30 heavy (non-hydrogen) atoms. The molecule has 0 heterocycles. The average molecular weight is 429 g/mol. The molecule has 0 spiro atoms.